The Morgan fingerprint density at radius 1 is 0.861 bits per heavy atom. The van der Waals surface area contributed by atoms with Crippen molar-refractivity contribution in [1.82, 2.24) is 4.90 Å². The van der Waals surface area contributed by atoms with Crippen molar-refractivity contribution in [3.63, 3.8) is 0 Å². The zero-order valence-electron chi connectivity index (χ0n) is 20.0. The van der Waals surface area contributed by atoms with Gasteiger partial charge in [0.05, 0.1) is 36.4 Å². The van der Waals surface area contributed by atoms with E-state index in [9.17, 15) is 40.2 Å². The summed E-state index contributed by atoms with van der Waals surface area (Å²) in [6.45, 7) is -0.617. The summed E-state index contributed by atoms with van der Waals surface area (Å²) in [6.07, 6.45) is -4.43. The minimum absolute atomic E-state index is 0.0361. The second-order valence-electron chi connectivity index (χ2n) is 10.9. The molecular weight excluding hydrogens is 476 g/mol. The van der Waals surface area contributed by atoms with Crippen LogP contribution in [0.15, 0.2) is 5.16 Å². The maximum atomic E-state index is 13.6. The maximum absolute atomic E-state index is 13.6. The van der Waals surface area contributed by atoms with Gasteiger partial charge < -0.3 is 40.2 Å². The smallest absolute Gasteiger partial charge is 0.256 e. The average Bonchev–Trinajstić information content (AvgIpc) is 3.14. The van der Waals surface area contributed by atoms with E-state index >= 15 is 0 Å². The molecule has 0 unspecified atom stereocenters. The van der Waals surface area contributed by atoms with E-state index in [0.29, 0.717) is 18.6 Å². The molecule has 2 saturated heterocycles. The van der Waals surface area contributed by atoms with Gasteiger partial charge in [0.1, 0.15) is 24.4 Å². The zero-order valence-corrected chi connectivity index (χ0v) is 20.0. The van der Waals surface area contributed by atoms with E-state index < -0.39 is 73.2 Å². The highest BCUT2D eigenvalue weighted by atomic mass is 16.8. The van der Waals surface area contributed by atoms with Crippen molar-refractivity contribution in [2.45, 2.75) is 100 Å². The normalized spacial score (nSPS) is 47.1. The maximum Gasteiger partial charge on any atom is 0.256 e. The van der Waals surface area contributed by atoms with E-state index in [1.807, 2.05) is 0 Å². The molecule has 0 aromatic rings. The number of aliphatic hydroxyl groups is 6. The van der Waals surface area contributed by atoms with Crippen LogP contribution in [0.2, 0.25) is 0 Å². The number of hydrogen-bond acceptors (Lipinski definition) is 11. The summed E-state index contributed by atoms with van der Waals surface area (Å²) in [5.74, 6) is -2.89. The van der Waals surface area contributed by atoms with Gasteiger partial charge in [-0.25, -0.2) is 0 Å². The van der Waals surface area contributed by atoms with Crippen molar-refractivity contribution >= 4 is 17.5 Å². The van der Waals surface area contributed by atoms with Crippen molar-refractivity contribution in [3.05, 3.63) is 0 Å². The van der Waals surface area contributed by atoms with Crippen LogP contribution in [-0.4, -0.2) is 109 Å². The number of ether oxygens (including phenoxy) is 1. The van der Waals surface area contributed by atoms with Crippen LogP contribution in [0.25, 0.3) is 0 Å². The summed E-state index contributed by atoms with van der Waals surface area (Å²) >= 11 is 0. The fraction of sp³-hybridized carbons (Fsp3) is 0.875. The van der Waals surface area contributed by atoms with Crippen LogP contribution in [0, 0.1) is 23.7 Å². The number of likely N-dealkylation sites (tertiary alicyclic amines) is 1. The Labute approximate surface area is 208 Å². The Bertz CT molecular complexity index is 877. The third kappa shape index (κ3) is 4.26. The molecule has 5 fully saturated rings. The number of carbonyl (C=O) groups is 2. The monoisotopic (exact) mass is 512 g/mol. The first kappa shape index (κ1) is 26.0. The number of hydrogen-bond donors (Lipinski definition) is 6. The molecule has 2 heterocycles. The Morgan fingerprint density at radius 3 is 2.25 bits per heavy atom. The zero-order chi connectivity index (χ0) is 25.7. The quantitative estimate of drug-likeness (QED) is 0.186. The first-order valence-electron chi connectivity index (χ1n) is 13.0. The summed E-state index contributed by atoms with van der Waals surface area (Å²) in [4.78, 5) is 33.6. The number of nitrogens with zero attached hydrogens (tertiary/aromatic N) is 2. The summed E-state index contributed by atoms with van der Waals surface area (Å²) in [5, 5.41) is 65.2. The second-order valence-corrected chi connectivity index (χ2v) is 10.9. The molecule has 2 aliphatic heterocycles. The molecule has 36 heavy (non-hydrogen) atoms. The largest absolute Gasteiger partial charge is 0.394 e. The molecule has 3 saturated carbocycles. The lowest BCUT2D eigenvalue weighted by atomic mass is 9.60. The lowest BCUT2D eigenvalue weighted by Crippen LogP contribution is -2.59. The van der Waals surface area contributed by atoms with Crippen LogP contribution in [0.1, 0.15) is 51.4 Å². The summed E-state index contributed by atoms with van der Waals surface area (Å²) in [7, 11) is 0. The predicted octanol–water partition coefficient (Wildman–Crippen LogP) is -1.76. The molecule has 0 aromatic carbocycles. The highest BCUT2D eigenvalue weighted by Gasteiger charge is 2.60. The van der Waals surface area contributed by atoms with Gasteiger partial charge in [-0.15, -0.1) is 0 Å². The molecule has 2 amide bonds. The number of imide groups is 1. The number of fused-ring (bicyclic) bond motifs is 3. The van der Waals surface area contributed by atoms with E-state index in [2.05, 4.69) is 5.16 Å². The first-order valence-corrected chi connectivity index (χ1v) is 13.0. The topological polar surface area (TPSA) is 190 Å². The van der Waals surface area contributed by atoms with Crippen LogP contribution in [-0.2, 0) is 19.2 Å². The summed E-state index contributed by atoms with van der Waals surface area (Å²) < 4.78 is 5.33. The number of carbonyl (C=O) groups excluding carboxylic acids is 2. The predicted molar refractivity (Wildman–Crippen MR) is 121 cm³/mol. The second kappa shape index (κ2) is 10.2. The molecule has 12 heteroatoms. The summed E-state index contributed by atoms with van der Waals surface area (Å²) in [5.41, 5.74) is 0.365. The third-order valence-electron chi connectivity index (χ3n) is 8.88. The number of rotatable bonds is 4. The van der Waals surface area contributed by atoms with Gasteiger partial charge in [0.15, 0.2) is 0 Å². The van der Waals surface area contributed by atoms with Gasteiger partial charge in [-0.2, -0.15) is 0 Å². The van der Waals surface area contributed by atoms with Crippen LogP contribution in [0.5, 0.6) is 0 Å². The van der Waals surface area contributed by atoms with Crippen LogP contribution >= 0.6 is 0 Å². The minimum atomic E-state index is -1.64. The van der Waals surface area contributed by atoms with Crippen molar-refractivity contribution < 1.29 is 49.8 Å². The van der Waals surface area contributed by atoms with E-state index in [1.54, 1.807) is 0 Å². The van der Waals surface area contributed by atoms with Crippen molar-refractivity contribution in [2.75, 3.05) is 6.61 Å². The van der Waals surface area contributed by atoms with E-state index in [0.717, 1.165) is 32.1 Å². The van der Waals surface area contributed by atoms with Gasteiger partial charge >= 0.3 is 0 Å². The van der Waals surface area contributed by atoms with E-state index in [4.69, 9.17) is 9.57 Å². The molecule has 202 valence electrons. The number of oxime groups is 1. The van der Waals surface area contributed by atoms with Gasteiger partial charge in [0, 0.05) is 24.3 Å². The molecular formula is C24H36N2O10. The minimum Gasteiger partial charge on any atom is -0.394 e. The lowest BCUT2D eigenvalue weighted by molar-refractivity contribution is -0.301. The highest BCUT2D eigenvalue weighted by Crippen LogP contribution is 2.50. The number of aliphatic hydroxyl groups excluding tert-OH is 6. The van der Waals surface area contributed by atoms with Crippen molar-refractivity contribution in [2.24, 2.45) is 28.8 Å². The molecule has 3 aliphatic carbocycles. The van der Waals surface area contributed by atoms with E-state index in [-0.39, 0.29) is 24.3 Å². The molecule has 0 spiro atoms. The standard InChI is InChI=1S/C24H36N2O10/c27-9-15-19(30)20(31)21(32)24(35-15)36-25-13-8-14(28)18(29)16-11(13)6-7-12-17(16)23(34)26(22(12)33)10-4-2-1-3-5-10/h10-12,14-21,24,27-32H,1-9H2/t11-,12-,14-,15-,16+,17-,18-,19-,20+,21-,24+/m1/s1. The summed E-state index contributed by atoms with van der Waals surface area (Å²) in [6, 6.07) is -0.115. The van der Waals surface area contributed by atoms with Crippen LogP contribution < -0.4 is 0 Å². The Morgan fingerprint density at radius 2 is 1.56 bits per heavy atom. The fourth-order valence-electron chi connectivity index (χ4n) is 6.97. The Kier molecular flexibility index (Phi) is 7.38. The SMILES string of the molecule is O=C1[C@H]2[C@H]3[C@H](O)[C@H](O)CC(=NO[C@@H]4O[C@H](CO)[C@@H](O)[C@H](O)[C@H]4O)[C@H]3CC[C@H]2C(=O)N1C1CCCCC1. The average molecular weight is 513 g/mol. The van der Waals surface area contributed by atoms with Crippen molar-refractivity contribution in [1.29, 1.82) is 0 Å². The highest BCUT2D eigenvalue weighted by molar-refractivity contribution is 6.06. The van der Waals surface area contributed by atoms with Crippen molar-refractivity contribution in [3.8, 4) is 0 Å². The van der Waals surface area contributed by atoms with Gasteiger partial charge in [0.25, 0.3) is 6.29 Å². The van der Waals surface area contributed by atoms with Gasteiger partial charge in [-0.05, 0) is 25.7 Å². The van der Waals surface area contributed by atoms with Crippen LogP contribution in [0.3, 0.4) is 0 Å². The molecule has 5 rings (SSSR count). The Hall–Kier alpha value is -1.67. The van der Waals surface area contributed by atoms with Gasteiger partial charge in [-0.3, -0.25) is 14.5 Å². The Balaban J connectivity index is 1.37. The van der Waals surface area contributed by atoms with Crippen LogP contribution in [0.4, 0.5) is 0 Å². The molecule has 0 radical (unpaired) electrons. The molecule has 5 aliphatic rings. The fourth-order valence-corrected chi connectivity index (χ4v) is 6.97. The third-order valence-corrected chi connectivity index (χ3v) is 8.88. The molecule has 11 atom stereocenters. The molecule has 12 nitrogen and oxygen atoms in total. The van der Waals surface area contributed by atoms with Gasteiger partial charge in [-0.1, -0.05) is 24.4 Å². The first-order chi connectivity index (χ1) is 17.2. The molecule has 0 aromatic heterocycles. The molecule has 0 bridgehead atoms. The molecule has 6 N–H and O–H groups in total. The van der Waals surface area contributed by atoms with E-state index in [1.165, 1.54) is 4.90 Å². The van der Waals surface area contributed by atoms with Gasteiger partial charge in [0.2, 0.25) is 11.8 Å². The lowest BCUT2D eigenvalue weighted by Gasteiger charge is -2.45. The number of amides is 2.